The fraction of sp³-hybridized carbons (Fsp3) is 0.587. The summed E-state index contributed by atoms with van der Waals surface area (Å²) in [6.07, 6.45) is 83.2. The first kappa shape index (κ1) is 63.8. The third kappa shape index (κ3) is 54.4. The van der Waals surface area contributed by atoms with E-state index >= 15 is 0 Å². The maximum atomic E-state index is 12.8. The van der Waals surface area contributed by atoms with Crippen molar-refractivity contribution < 1.29 is 23.8 Å². The number of carbonyl (C=O) groups is 2. The largest absolute Gasteiger partial charge is 0.462 e. The second-order valence-corrected chi connectivity index (χ2v) is 17.4. The van der Waals surface area contributed by atoms with E-state index in [0.29, 0.717) is 19.4 Å². The van der Waals surface area contributed by atoms with E-state index < -0.39 is 6.10 Å². The minimum absolute atomic E-state index is 0.0215. The minimum atomic E-state index is -0.618. The number of allylic oxidation sites excluding steroid dienone is 24. The average Bonchev–Trinajstić information content (AvgIpc) is 3.34. The predicted molar refractivity (Wildman–Crippen MR) is 297 cm³/mol. The first-order valence-corrected chi connectivity index (χ1v) is 27.4. The first-order valence-electron chi connectivity index (χ1n) is 27.4. The summed E-state index contributed by atoms with van der Waals surface area (Å²) in [5.41, 5.74) is 0. The lowest BCUT2D eigenvalue weighted by atomic mass is 10.1. The summed E-state index contributed by atoms with van der Waals surface area (Å²) in [5, 5.41) is 0. The van der Waals surface area contributed by atoms with Gasteiger partial charge in [0.25, 0.3) is 0 Å². The average molecular weight is 937 g/mol. The van der Waals surface area contributed by atoms with Crippen LogP contribution in [-0.4, -0.2) is 37.9 Å². The van der Waals surface area contributed by atoms with Crippen LogP contribution in [0.3, 0.4) is 0 Å². The highest BCUT2D eigenvalue weighted by Gasteiger charge is 2.17. The zero-order chi connectivity index (χ0) is 49.2. The molecule has 0 aromatic heterocycles. The third-order valence-electron chi connectivity index (χ3n) is 10.9. The van der Waals surface area contributed by atoms with Crippen LogP contribution in [0.4, 0.5) is 0 Å². The molecular formula is C63H100O5. The van der Waals surface area contributed by atoms with E-state index in [1.165, 1.54) is 70.6 Å². The van der Waals surface area contributed by atoms with Gasteiger partial charge in [0, 0.05) is 19.4 Å². The highest BCUT2D eigenvalue weighted by Crippen LogP contribution is 2.13. The topological polar surface area (TPSA) is 61.8 Å². The van der Waals surface area contributed by atoms with Crippen LogP contribution in [0.15, 0.2) is 146 Å². The van der Waals surface area contributed by atoms with Crippen LogP contribution in [0.1, 0.15) is 213 Å². The zero-order valence-corrected chi connectivity index (χ0v) is 43.8. The van der Waals surface area contributed by atoms with Crippen LogP contribution in [0.25, 0.3) is 0 Å². The second kappa shape index (κ2) is 57.1. The highest BCUT2D eigenvalue weighted by molar-refractivity contribution is 5.70. The quantitative estimate of drug-likeness (QED) is 0.0346. The number of ether oxygens (including phenoxy) is 3. The fourth-order valence-corrected chi connectivity index (χ4v) is 6.86. The third-order valence-corrected chi connectivity index (χ3v) is 10.9. The van der Waals surface area contributed by atoms with Crippen LogP contribution in [-0.2, 0) is 23.8 Å². The normalized spacial score (nSPS) is 13.4. The summed E-state index contributed by atoms with van der Waals surface area (Å²) in [4.78, 5) is 25.4. The van der Waals surface area contributed by atoms with Crippen molar-refractivity contribution in [2.24, 2.45) is 0 Å². The van der Waals surface area contributed by atoms with Crippen molar-refractivity contribution in [1.29, 1.82) is 0 Å². The zero-order valence-electron chi connectivity index (χ0n) is 43.8. The Morgan fingerprint density at radius 2 is 0.691 bits per heavy atom. The van der Waals surface area contributed by atoms with Gasteiger partial charge in [-0.05, 0) is 122 Å². The van der Waals surface area contributed by atoms with Gasteiger partial charge < -0.3 is 14.2 Å². The fourth-order valence-electron chi connectivity index (χ4n) is 6.86. The highest BCUT2D eigenvalue weighted by atomic mass is 16.6. The summed E-state index contributed by atoms with van der Waals surface area (Å²) < 4.78 is 17.3. The van der Waals surface area contributed by atoms with Crippen molar-refractivity contribution in [2.45, 2.75) is 219 Å². The van der Waals surface area contributed by atoms with Crippen molar-refractivity contribution in [2.75, 3.05) is 19.8 Å². The molecule has 68 heavy (non-hydrogen) atoms. The lowest BCUT2D eigenvalue weighted by Gasteiger charge is -2.18. The molecular weight excluding hydrogens is 837 g/mol. The van der Waals surface area contributed by atoms with Crippen molar-refractivity contribution >= 4 is 11.9 Å². The lowest BCUT2D eigenvalue weighted by molar-refractivity contribution is -0.162. The Balaban J connectivity index is 4.45. The Labute approximate surface area is 419 Å². The number of esters is 2. The number of carbonyl (C=O) groups excluding carboxylic acids is 2. The van der Waals surface area contributed by atoms with Crippen LogP contribution < -0.4 is 0 Å². The van der Waals surface area contributed by atoms with Crippen LogP contribution >= 0.6 is 0 Å². The summed E-state index contributed by atoms with van der Waals surface area (Å²) in [7, 11) is 0. The monoisotopic (exact) mass is 937 g/mol. The number of hydrogen-bond acceptors (Lipinski definition) is 5. The molecule has 0 saturated heterocycles. The van der Waals surface area contributed by atoms with E-state index in [2.05, 4.69) is 161 Å². The molecule has 0 aromatic carbocycles. The molecule has 0 radical (unpaired) electrons. The SMILES string of the molecule is CC/C=C\C/C=C\C/C=C\C/C=C\C/C=C\C/C=C\CCCOCC(COC(=O)CCCCCCCCCCC/C=C\C/C=C\CCCCC)OC(=O)CC/C=C\C/C=C\C/C=C\C/C=C\CC. The molecule has 0 rings (SSSR count). The molecule has 0 aromatic rings. The van der Waals surface area contributed by atoms with Crippen LogP contribution in [0.5, 0.6) is 0 Å². The number of hydrogen-bond donors (Lipinski definition) is 0. The molecule has 5 nitrogen and oxygen atoms in total. The van der Waals surface area contributed by atoms with Gasteiger partial charge in [-0.1, -0.05) is 224 Å². The summed E-state index contributed by atoms with van der Waals surface area (Å²) in [6.45, 7) is 7.33. The number of rotatable bonds is 48. The van der Waals surface area contributed by atoms with Gasteiger partial charge in [0.05, 0.1) is 6.61 Å². The van der Waals surface area contributed by atoms with E-state index in [0.717, 1.165) is 103 Å². The smallest absolute Gasteiger partial charge is 0.306 e. The van der Waals surface area contributed by atoms with Gasteiger partial charge in [-0.15, -0.1) is 0 Å². The molecule has 0 fully saturated rings. The second-order valence-electron chi connectivity index (χ2n) is 17.4. The molecule has 0 aliphatic carbocycles. The summed E-state index contributed by atoms with van der Waals surface area (Å²) in [6, 6.07) is 0. The van der Waals surface area contributed by atoms with Crippen molar-refractivity contribution in [3.63, 3.8) is 0 Å². The lowest BCUT2D eigenvalue weighted by Crippen LogP contribution is -2.30. The van der Waals surface area contributed by atoms with Gasteiger partial charge in [0.15, 0.2) is 6.10 Å². The Bertz CT molecular complexity index is 1480. The minimum Gasteiger partial charge on any atom is -0.462 e. The Hall–Kier alpha value is -4.22. The maximum absolute atomic E-state index is 12.8. The van der Waals surface area contributed by atoms with E-state index in [4.69, 9.17) is 14.2 Å². The maximum Gasteiger partial charge on any atom is 0.306 e. The van der Waals surface area contributed by atoms with Crippen LogP contribution in [0, 0.1) is 0 Å². The van der Waals surface area contributed by atoms with Crippen molar-refractivity contribution in [3.8, 4) is 0 Å². The summed E-state index contributed by atoms with van der Waals surface area (Å²) in [5.74, 6) is -0.538. The molecule has 0 aliphatic heterocycles. The molecule has 0 saturated carbocycles. The van der Waals surface area contributed by atoms with Gasteiger partial charge >= 0.3 is 11.9 Å². The van der Waals surface area contributed by atoms with Crippen molar-refractivity contribution in [1.82, 2.24) is 0 Å². The molecule has 382 valence electrons. The number of unbranched alkanes of at least 4 members (excludes halogenated alkanes) is 13. The van der Waals surface area contributed by atoms with Gasteiger partial charge in [0.2, 0.25) is 0 Å². The van der Waals surface area contributed by atoms with Crippen molar-refractivity contribution in [3.05, 3.63) is 146 Å². The van der Waals surface area contributed by atoms with E-state index in [1.807, 2.05) is 6.08 Å². The van der Waals surface area contributed by atoms with Crippen LogP contribution in [0.2, 0.25) is 0 Å². The van der Waals surface area contributed by atoms with E-state index in [1.54, 1.807) is 0 Å². The Morgan fingerprint density at radius 1 is 0.338 bits per heavy atom. The van der Waals surface area contributed by atoms with Gasteiger partial charge in [-0.2, -0.15) is 0 Å². The molecule has 0 N–H and O–H groups in total. The van der Waals surface area contributed by atoms with E-state index in [-0.39, 0.29) is 31.6 Å². The van der Waals surface area contributed by atoms with Gasteiger partial charge in [0.1, 0.15) is 6.61 Å². The first-order chi connectivity index (χ1) is 33.6. The Morgan fingerprint density at radius 3 is 1.12 bits per heavy atom. The van der Waals surface area contributed by atoms with E-state index in [9.17, 15) is 9.59 Å². The molecule has 1 unspecified atom stereocenters. The molecule has 0 spiro atoms. The molecule has 1 atom stereocenters. The molecule has 0 bridgehead atoms. The molecule has 0 heterocycles. The summed E-state index contributed by atoms with van der Waals surface area (Å²) >= 11 is 0. The molecule has 5 heteroatoms. The molecule has 0 aliphatic rings. The molecule has 0 amide bonds. The predicted octanol–water partition coefficient (Wildman–Crippen LogP) is 18.9. The standard InChI is InChI=1S/C63H100O5/c1-4-7-10-13-16-19-22-25-27-29-31-33-35-37-40-43-46-49-52-55-58-66-59-61(68-63(65)57-54-51-48-45-42-38-24-21-18-15-12-9-6-3)60-67-62(64)56-53-50-47-44-41-39-36-34-32-30-28-26-23-20-17-14-11-8-5-2/h7,9-10,12,16-21,25-28,31,33,37-38,40,42,46,48-49,51,61H,4-6,8,11,13-15,22-24,29-30,32,34-36,39,41,43-45,47,50,52-60H2,1-3H3/b10-7-,12-9-,19-16-,20-17-,21-18-,27-25-,28-26-,33-31-,40-37-,42-38-,49-46-,51-48-. The van der Waals surface area contributed by atoms with Gasteiger partial charge in [-0.25, -0.2) is 0 Å². The Kier molecular flexibility index (Phi) is 53.6. The van der Waals surface area contributed by atoms with Gasteiger partial charge in [-0.3, -0.25) is 9.59 Å².